The van der Waals surface area contributed by atoms with Crippen LogP contribution in [0.4, 0.5) is 0 Å². The molecule has 5 heteroatoms. The van der Waals surface area contributed by atoms with Gasteiger partial charge < -0.3 is 10.1 Å². The molecule has 0 saturated heterocycles. The highest BCUT2D eigenvalue weighted by atomic mass is 32.2. The molecule has 0 heterocycles. The monoisotopic (exact) mass is 309 g/mol. The lowest BCUT2D eigenvalue weighted by molar-refractivity contribution is -0.143. The lowest BCUT2D eigenvalue weighted by Gasteiger charge is -2.05. The smallest absolute Gasteiger partial charge is 0.305 e. The fourth-order valence-electron chi connectivity index (χ4n) is 1.72. The van der Waals surface area contributed by atoms with E-state index in [1.807, 2.05) is 18.2 Å². The van der Waals surface area contributed by atoms with Crippen LogP contribution in [0.2, 0.25) is 0 Å². The van der Waals surface area contributed by atoms with Crippen LogP contribution < -0.4 is 5.32 Å². The molecule has 0 saturated carbocycles. The van der Waals surface area contributed by atoms with Crippen molar-refractivity contribution in [3.05, 3.63) is 30.3 Å². The second-order valence-corrected chi connectivity index (χ2v) is 5.69. The third-order valence-corrected chi connectivity index (χ3v) is 3.84. The van der Waals surface area contributed by atoms with Gasteiger partial charge in [-0.3, -0.25) is 9.59 Å². The van der Waals surface area contributed by atoms with Crippen LogP contribution in [0.3, 0.4) is 0 Å². The van der Waals surface area contributed by atoms with Crippen molar-refractivity contribution in [1.82, 2.24) is 5.32 Å². The van der Waals surface area contributed by atoms with E-state index in [1.54, 1.807) is 18.7 Å². The third kappa shape index (κ3) is 9.13. The summed E-state index contributed by atoms with van der Waals surface area (Å²) in [5, 5.41) is 2.82. The van der Waals surface area contributed by atoms with Crippen LogP contribution >= 0.6 is 11.8 Å². The van der Waals surface area contributed by atoms with Crippen molar-refractivity contribution in [1.29, 1.82) is 0 Å². The van der Waals surface area contributed by atoms with Crippen LogP contribution in [0.15, 0.2) is 35.2 Å². The highest BCUT2D eigenvalue weighted by Crippen LogP contribution is 2.18. The summed E-state index contributed by atoms with van der Waals surface area (Å²) >= 11 is 1.76. The van der Waals surface area contributed by atoms with E-state index < -0.39 is 0 Å². The van der Waals surface area contributed by atoms with E-state index in [0.29, 0.717) is 32.4 Å². The molecule has 0 fully saturated rings. The summed E-state index contributed by atoms with van der Waals surface area (Å²) in [5.74, 6) is 0.777. The van der Waals surface area contributed by atoms with Crippen molar-refractivity contribution in [2.24, 2.45) is 0 Å². The normalized spacial score (nSPS) is 10.1. The van der Waals surface area contributed by atoms with Gasteiger partial charge in [0.1, 0.15) is 0 Å². The third-order valence-electron chi connectivity index (χ3n) is 2.75. The minimum atomic E-state index is -0.203. The Morgan fingerprint density at radius 2 is 1.90 bits per heavy atom. The van der Waals surface area contributed by atoms with Crippen LogP contribution in [0.1, 0.15) is 32.6 Å². The number of amides is 1. The summed E-state index contributed by atoms with van der Waals surface area (Å²) < 4.78 is 4.82. The van der Waals surface area contributed by atoms with Crippen LogP contribution in [0.5, 0.6) is 0 Å². The maximum absolute atomic E-state index is 11.6. The summed E-state index contributed by atoms with van der Waals surface area (Å²) in [6.45, 7) is 2.72. The molecule has 116 valence electrons. The number of nitrogens with one attached hydrogen (secondary N) is 1. The maximum Gasteiger partial charge on any atom is 0.305 e. The molecule has 0 aromatic heterocycles. The number of carbonyl (C=O) groups excluding carboxylic acids is 2. The molecule has 1 aromatic carbocycles. The largest absolute Gasteiger partial charge is 0.466 e. The SMILES string of the molecule is CCOC(=O)CCCNC(=O)CCCSc1ccccc1. The summed E-state index contributed by atoms with van der Waals surface area (Å²) in [4.78, 5) is 23.9. The van der Waals surface area contributed by atoms with E-state index in [-0.39, 0.29) is 11.9 Å². The second-order valence-electron chi connectivity index (χ2n) is 4.52. The summed E-state index contributed by atoms with van der Waals surface area (Å²) in [6, 6.07) is 10.2. The lowest BCUT2D eigenvalue weighted by atomic mass is 10.3. The summed E-state index contributed by atoms with van der Waals surface area (Å²) in [6.07, 6.45) is 2.36. The zero-order valence-corrected chi connectivity index (χ0v) is 13.3. The Bertz CT molecular complexity index is 423. The highest BCUT2D eigenvalue weighted by molar-refractivity contribution is 7.99. The van der Waals surface area contributed by atoms with Crippen LogP contribution in [0, 0.1) is 0 Å². The molecule has 0 spiro atoms. The Balaban J connectivity index is 1.98. The molecule has 0 aliphatic rings. The zero-order chi connectivity index (χ0) is 15.3. The van der Waals surface area contributed by atoms with E-state index in [1.165, 1.54) is 4.90 Å². The molecule has 4 nitrogen and oxygen atoms in total. The molecule has 0 aliphatic heterocycles. The van der Waals surface area contributed by atoms with Gasteiger partial charge in [-0.1, -0.05) is 18.2 Å². The number of carbonyl (C=O) groups is 2. The van der Waals surface area contributed by atoms with Crippen molar-refractivity contribution in [2.45, 2.75) is 37.5 Å². The van der Waals surface area contributed by atoms with Gasteiger partial charge in [-0.05, 0) is 37.7 Å². The van der Waals surface area contributed by atoms with Gasteiger partial charge in [0.15, 0.2) is 0 Å². The fraction of sp³-hybridized carbons (Fsp3) is 0.500. The molecular weight excluding hydrogens is 286 g/mol. The van der Waals surface area contributed by atoms with Gasteiger partial charge in [0.2, 0.25) is 5.91 Å². The topological polar surface area (TPSA) is 55.4 Å². The minimum absolute atomic E-state index is 0.0486. The quantitative estimate of drug-likeness (QED) is 0.410. The van der Waals surface area contributed by atoms with E-state index in [9.17, 15) is 9.59 Å². The van der Waals surface area contributed by atoms with Gasteiger partial charge in [-0.15, -0.1) is 11.8 Å². The molecular formula is C16H23NO3S. The highest BCUT2D eigenvalue weighted by Gasteiger charge is 2.03. The van der Waals surface area contributed by atoms with Crippen molar-refractivity contribution in [3.63, 3.8) is 0 Å². The van der Waals surface area contributed by atoms with Crippen LogP contribution in [-0.2, 0) is 14.3 Å². The Labute approximate surface area is 130 Å². The van der Waals surface area contributed by atoms with Crippen molar-refractivity contribution >= 4 is 23.6 Å². The number of hydrogen-bond donors (Lipinski definition) is 1. The number of esters is 1. The zero-order valence-electron chi connectivity index (χ0n) is 12.5. The number of ether oxygens (including phenoxy) is 1. The Hall–Kier alpha value is -1.49. The first-order valence-corrected chi connectivity index (χ1v) is 8.31. The van der Waals surface area contributed by atoms with Crippen molar-refractivity contribution < 1.29 is 14.3 Å². The molecule has 1 rings (SSSR count). The molecule has 0 aliphatic carbocycles. The Morgan fingerprint density at radius 3 is 2.62 bits per heavy atom. The standard InChI is InChI=1S/C16H23NO3S/c1-2-20-16(19)11-6-12-17-15(18)10-7-13-21-14-8-4-3-5-9-14/h3-5,8-9H,2,6-7,10-13H2,1H3,(H,17,18). The number of benzene rings is 1. The number of hydrogen-bond acceptors (Lipinski definition) is 4. The first-order chi connectivity index (χ1) is 10.2. The number of thioether (sulfide) groups is 1. The molecule has 1 amide bonds. The first-order valence-electron chi connectivity index (χ1n) is 7.32. The van der Waals surface area contributed by atoms with Crippen LogP contribution in [0.25, 0.3) is 0 Å². The van der Waals surface area contributed by atoms with E-state index in [4.69, 9.17) is 4.74 Å². The van der Waals surface area contributed by atoms with Gasteiger partial charge in [-0.2, -0.15) is 0 Å². The van der Waals surface area contributed by atoms with Gasteiger partial charge >= 0.3 is 5.97 Å². The molecule has 0 atom stereocenters. The summed E-state index contributed by atoms with van der Waals surface area (Å²) in [7, 11) is 0. The minimum Gasteiger partial charge on any atom is -0.466 e. The summed E-state index contributed by atoms with van der Waals surface area (Å²) in [5.41, 5.74) is 0. The van der Waals surface area contributed by atoms with Gasteiger partial charge in [0.05, 0.1) is 6.61 Å². The maximum atomic E-state index is 11.6. The molecule has 1 aromatic rings. The predicted molar refractivity (Wildman–Crippen MR) is 85.3 cm³/mol. The van der Waals surface area contributed by atoms with E-state index in [0.717, 1.165) is 12.2 Å². The molecule has 1 N–H and O–H groups in total. The van der Waals surface area contributed by atoms with Crippen molar-refractivity contribution in [3.8, 4) is 0 Å². The second kappa shape index (κ2) is 11.2. The molecule has 0 radical (unpaired) electrons. The average Bonchev–Trinajstić information content (AvgIpc) is 2.49. The number of rotatable bonds is 10. The van der Waals surface area contributed by atoms with Gasteiger partial charge in [-0.25, -0.2) is 0 Å². The first kappa shape index (κ1) is 17.6. The average molecular weight is 309 g/mol. The van der Waals surface area contributed by atoms with E-state index in [2.05, 4.69) is 17.4 Å². The molecule has 0 unspecified atom stereocenters. The van der Waals surface area contributed by atoms with Gasteiger partial charge in [0, 0.05) is 24.3 Å². The fourth-order valence-corrected chi connectivity index (χ4v) is 2.60. The lowest BCUT2D eigenvalue weighted by Crippen LogP contribution is -2.24. The van der Waals surface area contributed by atoms with Crippen molar-refractivity contribution in [2.75, 3.05) is 18.9 Å². The Kier molecular flexibility index (Phi) is 9.37. The van der Waals surface area contributed by atoms with Gasteiger partial charge in [0.25, 0.3) is 0 Å². The molecule has 21 heavy (non-hydrogen) atoms. The van der Waals surface area contributed by atoms with E-state index >= 15 is 0 Å². The predicted octanol–water partition coefficient (Wildman–Crippen LogP) is 3.02. The Morgan fingerprint density at radius 1 is 1.14 bits per heavy atom. The molecule has 0 bridgehead atoms. The van der Waals surface area contributed by atoms with Crippen LogP contribution in [-0.4, -0.2) is 30.8 Å².